The summed E-state index contributed by atoms with van der Waals surface area (Å²) in [6, 6.07) is 2.02. The smallest absolute Gasteiger partial charge is 0.336 e. The summed E-state index contributed by atoms with van der Waals surface area (Å²) >= 11 is 0. The summed E-state index contributed by atoms with van der Waals surface area (Å²) in [7, 11) is 0. The maximum atomic E-state index is 11.8. The zero-order valence-electron chi connectivity index (χ0n) is 13.4. The molecule has 0 unspecified atom stereocenters. The molecule has 1 aromatic rings. The van der Waals surface area contributed by atoms with Crippen LogP contribution in [0.1, 0.15) is 45.6 Å². The highest BCUT2D eigenvalue weighted by atomic mass is 16.6. The van der Waals surface area contributed by atoms with E-state index in [1.807, 2.05) is 6.92 Å². The Morgan fingerprint density at radius 3 is 2.30 bits per heavy atom. The quantitative estimate of drug-likeness (QED) is 0.258. The first-order valence-electron chi connectivity index (χ1n) is 7.00. The monoisotopic (exact) mass is 322 g/mol. The number of hydrogen-bond acceptors (Lipinski definition) is 6. The normalized spacial score (nSPS) is 11.5. The molecule has 0 saturated heterocycles. The molecule has 0 fully saturated rings. The number of rotatable bonds is 6. The van der Waals surface area contributed by atoms with Gasteiger partial charge in [-0.1, -0.05) is 19.4 Å². The number of non-ortho nitro benzene ring substituents is 1. The van der Waals surface area contributed by atoms with Crippen LogP contribution in [0.15, 0.2) is 23.8 Å². The second-order valence-corrected chi connectivity index (χ2v) is 5.35. The predicted molar refractivity (Wildman–Crippen MR) is 83.5 cm³/mol. The Labute approximate surface area is 133 Å². The van der Waals surface area contributed by atoms with Crippen molar-refractivity contribution in [2.75, 3.05) is 0 Å². The van der Waals surface area contributed by atoms with Crippen molar-refractivity contribution in [1.82, 2.24) is 0 Å². The highest BCUT2D eigenvalue weighted by Gasteiger charge is 2.28. The van der Waals surface area contributed by atoms with Gasteiger partial charge < -0.3 is 4.74 Å². The fraction of sp³-hybridized carbons (Fsp3) is 0.400. The summed E-state index contributed by atoms with van der Waals surface area (Å²) in [4.78, 5) is 32.6. The molecule has 124 valence electrons. The number of ether oxygens (including phenoxy) is 1. The molecule has 1 aromatic carbocycles. The number of hydrogen-bond donors (Lipinski definition) is 0. The van der Waals surface area contributed by atoms with Crippen molar-refractivity contribution in [2.24, 2.45) is 0 Å². The van der Waals surface area contributed by atoms with Gasteiger partial charge in [0.2, 0.25) is 5.75 Å². The zero-order valence-corrected chi connectivity index (χ0v) is 13.4. The van der Waals surface area contributed by atoms with Gasteiger partial charge in [0.1, 0.15) is 0 Å². The molecule has 23 heavy (non-hydrogen) atoms. The van der Waals surface area contributed by atoms with Crippen molar-refractivity contribution < 1.29 is 19.4 Å². The summed E-state index contributed by atoms with van der Waals surface area (Å²) in [5, 5.41) is 22.2. The van der Waals surface area contributed by atoms with Gasteiger partial charge in [-0.05, 0) is 26.2 Å². The first kappa shape index (κ1) is 18.3. The van der Waals surface area contributed by atoms with Gasteiger partial charge in [-0.25, -0.2) is 4.79 Å². The second-order valence-electron chi connectivity index (χ2n) is 5.35. The van der Waals surface area contributed by atoms with E-state index in [9.17, 15) is 25.0 Å². The Kier molecular flexibility index (Phi) is 5.94. The molecule has 0 heterocycles. The number of allylic oxidation sites excluding steroid dienone is 1. The molecule has 1 rings (SSSR count). The standard InChI is InChI=1S/C15H18N2O6/c1-5-10(4)12-7-11(16(19)20)8-13(17(21)22)15(12)23-14(18)6-9(2)3/h6-8,10H,5H2,1-4H3/t10-/m0/s1. The Morgan fingerprint density at radius 1 is 1.26 bits per heavy atom. The van der Waals surface area contributed by atoms with E-state index in [2.05, 4.69) is 0 Å². The summed E-state index contributed by atoms with van der Waals surface area (Å²) in [5.74, 6) is -1.24. The fourth-order valence-electron chi connectivity index (χ4n) is 1.92. The van der Waals surface area contributed by atoms with E-state index in [4.69, 9.17) is 4.74 Å². The van der Waals surface area contributed by atoms with Crippen molar-refractivity contribution in [3.05, 3.63) is 49.6 Å². The minimum absolute atomic E-state index is 0.238. The zero-order chi connectivity index (χ0) is 17.7. The molecule has 0 spiro atoms. The van der Waals surface area contributed by atoms with E-state index >= 15 is 0 Å². The third-order valence-corrected chi connectivity index (χ3v) is 3.24. The summed E-state index contributed by atoms with van der Waals surface area (Å²) in [6.07, 6.45) is 1.77. The van der Waals surface area contributed by atoms with Gasteiger partial charge >= 0.3 is 11.7 Å². The molecule has 0 aliphatic rings. The number of nitrogens with zero attached hydrogens (tertiary/aromatic N) is 2. The van der Waals surface area contributed by atoms with Crippen LogP contribution in [-0.4, -0.2) is 15.8 Å². The van der Waals surface area contributed by atoms with Crippen LogP contribution in [0.2, 0.25) is 0 Å². The van der Waals surface area contributed by atoms with Gasteiger partial charge in [0.05, 0.1) is 15.9 Å². The van der Waals surface area contributed by atoms with Crippen LogP contribution in [0.25, 0.3) is 0 Å². The van der Waals surface area contributed by atoms with E-state index in [-0.39, 0.29) is 17.2 Å². The van der Waals surface area contributed by atoms with Crippen LogP contribution in [-0.2, 0) is 4.79 Å². The second kappa shape index (κ2) is 7.48. The van der Waals surface area contributed by atoms with Gasteiger partial charge in [-0.3, -0.25) is 20.2 Å². The molecule has 0 aromatic heterocycles. The third-order valence-electron chi connectivity index (χ3n) is 3.24. The maximum Gasteiger partial charge on any atom is 0.336 e. The SMILES string of the molecule is CC[C@H](C)c1cc([N+](=O)[O-])cc([N+](=O)[O-])c1OC(=O)C=C(C)C. The minimum Gasteiger partial charge on any atom is -0.416 e. The van der Waals surface area contributed by atoms with Crippen molar-refractivity contribution in [3.63, 3.8) is 0 Å². The molecule has 1 atom stereocenters. The Morgan fingerprint density at radius 2 is 1.87 bits per heavy atom. The first-order valence-corrected chi connectivity index (χ1v) is 7.00. The van der Waals surface area contributed by atoms with Crippen LogP contribution in [0.3, 0.4) is 0 Å². The lowest BCUT2D eigenvalue weighted by Crippen LogP contribution is -2.10. The Bertz CT molecular complexity index is 677. The van der Waals surface area contributed by atoms with Gasteiger partial charge in [0.15, 0.2) is 0 Å². The van der Waals surface area contributed by atoms with Crippen LogP contribution in [0, 0.1) is 20.2 Å². The molecule has 0 saturated carbocycles. The first-order chi connectivity index (χ1) is 10.7. The van der Waals surface area contributed by atoms with E-state index in [1.165, 1.54) is 12.1 Å². The average molecular weight is 322 g/mol. The van der Waals surface area contributed by atoms with Crippen LogP contribution >= 0.6 is 0 Å². The number of carbonyl (C=O) groups is 1. The van der Waals surface area contributed by atoms with Gasteiger partial charge in [-0.2, -0.15) is 0 Å². The van der Waals surface area contributed by atoms with E-state index < -0.39 is 27.2 Å². The van der Waals surface area contributed by atoms with Gasteiger partial charge in [0.25, 0.3) is 5.69 Å². The van der Waals surface area contributed by atoms with Crippen LogP contribution in [0.5, 0.6) is 5.75 Å². The van der Waals surface area contributed by atoms with Crippen LogP contribution < -0.4 is 4.74 Å². The molecule has 8 heteroatoms. The highest BCUT2D eigenvalue weighted by Crippen LogP contribution is 2.40. The maximum absolute atomic E-state index is 11.8. The molecular formula is C15H18N2O6. The average Bonchev–Trinajstić information content (AvgIpc) is 2.44. The lowest BCUT2D eigenvalue weighted by Gasteiger charge is -2.14. The summed E-state index contributed by atoms with van der Waals surface area (Å²) in [6.45, 7) is 6.94. The Hall–Kier alpha value is -2.77. The largest absolute Gasteiger partial charge is 0.416 e. The molecule has 8 nitrogen and oxygen atoms in total. The van der Waals surface area contributed by atoms with E-state index in [0.717, 1.165) is 6.07 Å². The van der Waals surface area contributed by atoms with Gasteiger partial charge in [-0.15, -0.1) is 0 Å². The lowest BCUT2D eigenvalue weighted by atomic mass is 9.96. The molecular weight excluding hydrogens is 304 g/mol. The van der Waals surface area contributed by atoms with E-state index in [1.54, 1.807) is 20.8 Å². The summed E-state index contributed by atoms with van der Waals surface area (Å²) in [5.41, 5.74) is -0.0624. The molecule has 0 amide bonds. The number of nitro groups is 2. The van der Waals surface area contributed by atoms with Crippen molar-refractivity contribution in [1.29, 1.82) is 0 Å². The van der Waals surface area contributed by atoms with Crippen LogP contribution in [0.4, 0.5) is 11.4 Å². The fourth-order valence-corrected chi connectivity index (χ4v) is 1.92. The summed E-state index contributed by atoms with van der Waals surface area (Å²) < 4.78 is 5.13. The minimum atomic E-state index is -0.788. The number of carbonyl (C=O) groups excluding carboxylic acids is 1. The van der Waals surface area contributed by atoms with Gasteiger partial charge in [0, 0.05) is 17.7 Å². The molecule has 0 aliphatic heterocycles. The number of benzene rings is 1. The predicted octanol–water partition coefficient (Wildman–Crippen LogP) is 3.89. The lowest BCUT2D eigenvalue weighted by molar-refractivity contribution is -0.394. The number of nitro benzene ring substituents is 2. The molecule has 0 aliphatic carbocycles. The molecule has 0 radical (unpaired) electrons. The van der Waals surface area contributed by atoms with Crippen molar-refractivity contribution in [3.8, 4) is 5.75 Å². The Balaban J connectivity index is 3.55. The topological polar surface area (TPSA) is 113 Å². The van der Waals surface area contributed by atoms with E-state index in [0.29, 0.717) is 12.0 Å². The third kappa shape index (κ3) is 4.60. The van der Waals surface area contributed by atoms with Crippen molar-refractivity contribution >= 4 is 17.3 Å². The molecule has 0 N–H and O–H groups in total. The number of esters is 1. The van der Waals surface area contributed by atoms with Crippen molar-refractivity contribution in [2.45, 2.75) is 40.0 Å². The molecule has 0 bridgehead atoms. The highest BCUT2D eigenvalue weighted by molar-refractivity contribution is 5.86.